The average Bonchev–Trinajstić information content (AvgIpc) is 2.88. The summed E-state index contributed by atoms with van der Waals surface area (Å²) >= 11 is 0. The maximum absolute atomic E-state index is 13.7. The molecule has 2 aliphatic carbocycles. The number of Topliss-reactive ketones (excluding diaryl/α,β-unsaturated/α-hetero) is 2. The topological polar surface area (TPSA) is 83.8 Å². The maximum Gasteiger partial charge on any atom is 0.183 e. The van der Waals surface area contributed by atoms with Gasteiger partial charge in [0.15, 0.2) is 11.6 Å². The average molecular weight is 431 g/mol. The molecule has 5 heteroatoms. The fourth-order valence-electron chi connectivity index (χ4n) is 5.57. The Morgan fingerprint density at radius 2 is 1.81 bits per heavy atom. The smallest absolute Gasteiger partial charge is 0.183 e. The minimum absolute atomic E-state index is 0.0768. The third kappa shape index (κ3) is 3.79. The third-order valence-corrected chi connectivity index (χ3v) is 7.64. The van der Waals surface area contributed by atoms with Crippen molar-refractivity contribution in [2.45, 2.75) is 92.3 Å². The summed E-state index contributed by atoms with van der Waals surface area (Å²) in [4.78, 5) is 26.8. The van der Waals surface area contributed by atoms with E-state index in [0.29, 0.717) is 30.6 Å². The number of carbonyl (C=O) groups is 2. The van der Waals surface area contributed by atoms with Crippen LogP contribution in [0.5, 0.6) is 0 Å². The number of allylic oxidation sites excluding steroid dienone is 5. The van der Waals surface area contributed by atoms with Crippen LogP contribution >= 0.6 is 0 Å². The van der Waals surface area contributed by atoms with Gasteiger partial charge < -0.3 is 14.9 Å². The minimum atomic E-state index is -1.08. The molecule has 4 atom stereocenters. The molecule has 5 nitrogen and oxygen atoms in total. The number of fused-ring (bicyclic) bond motifs is 1. The first-order valence-corrected chi connectivity index (χ1v) is 11.4. The van der Waals surface area contributed by atoms with Crippen molar-refractivity contribution in [2.75, 3.05) is 0 Å². The molecular formula is C26H38O5. The molecule has 1 saturated carbocycles. The molecule has 172 valence electrons. The molecule has 0 amide bonds. The summed E-state index contributed by atoms with van der Waals surface area (Å²) in [5, 5.41) is 22.4. The second-order valence-electron chi connectivity index (χ2n) is 11.2. The molecule has 2 N–H and O–H groups in total. The standard InChI is InChI=1S/C26H38O5/c1-14(2)9-11-25(7)22(29)19(20(27)15(3)4)21(28)16-13-18-17(10-12-26(18,8)30)24(5,6)31-23(16)25/h9,15,17-18,28,30H,10-13H2,1-8H3/t17?,18-,25+,26+/m0/s1. The Balaban J connectivity index is 2.28. The summed E-state index contributed by atoms with van der Waals surface area (Å²) < 4.78 is 6.60. The number of aliphatic hydroxyl groups is 2. The summed E-state index contributed by atoms with van der Waals surface area (Å²) in [5.41, 5.74) is -1.13. The largest absolute Gasteiger partial charge is 0.507 e. The van der Waals surface area contributed by atoms with Gasteiger partial charge in [0.05, 0.1) is 11.0 Å². The maximum atomic E-state index is 13.7. The van der Waals surface area contributed by atoms with E-state index >= 15 is 0 Å². The van der Waals surface area contributed by atoms with Gasteiger partial charge in [-0.3, -0.25) is 9.59 Å². The van der Waals surface area contributed by atoms with Crippen molar-refractivity contribution < 1.29 is 24.5 Å². The zero-order valence-electron chi connectivity index (χ0n) is 20.3. The molecule has 0 radical (unpaired) electrons. The Bertz CT molecular complexity index is 895. The summed E-state index contributed by atoms with van der Waals surface area (Å²) in [6.07, 6.45) is 4.23. The summed E-state index contributed by atoms with van der Waals surface area (Å²) in [6.45, 7) is 15.1. The summed E-state index contributed by atoms with van der Waals surface area (Å²) in [5.74, 6) is -0.997. The lowest BCUT2D eigenvalue weighted by Gasteiger charge is -2.41. The van der Waals surface area contributed by atoms with Crippen LogP contribution in [0.1, 0.15) is 81.1 Å². The quantitative estimate of drug-likeness (QED) is 0.473. The third-order valence-electron chi connectivity index (χ3n) is 7.64. The van der Waals surface area contributed by atoms with E-state index in [1.807, 2.05) is 47.6 Å². The van der Waals surface area contributed by atoms with Crippen LogP contribution < -0.4 is 0 Å². The van der Waals surface area contributed by atoms with Gasteiger partial charge in [-0.25, -0.2) is 0 Å². The van der Waals surface area contributed by atoms with E-state index in [4.69, 9.17) is 4.74 Å². The zero-order valence-corrected chi connectivity index (χ0v) is 20.3. The highest BCUT2D eigenvalue weighted by Gasteiger charge is 2.58. The van der Waals surface area contributed by atoms with Gasteiger partial charge in [0.1, 0.15) is 22.7 Å². The van der Waals surface area contributed by atoms with Gasteiger partial charge in [-0.2, -0.15) is 0 Å². The monoisotopic (exact) mass is 430 g/mol. The van der Waals surface area contributed by atoms with Gasteiger partial charge in [-0.1, -0.05) is 25.5 Å². The Morgan fingerprint density at radius 3 is 2.35 bits per heavy atom. The second kappa shape index (κ2) is 7.61. The van der Waals surface area contributed by atoms with Crippen LogP contribution in [-0.2, 0) is 14.3 Å². The first kappa shape index (κ1) is 23.8. The Hall–Kier alpha value is -1.88. The Labute approximate surface area is 186 Å². The van der Waals surface area contributed by atoms with Gasteiger partial charge in [0, 0.05) is 17.4 Å². The van der Waals surface area contributed by atoms with Gasteiger partial charge in [0.2, 0.25) is 0 Å². The Kier molecular flexibility index (Phi) is 5.84. The number of rotatable bonds is 4. The molecule has 0 aromatic carbocycles. The molecule has 1 heterocycles. The molecular weight excluding hydrogens is 392 g/mol. The highest BCUT2D eigenvalue weighted by molar-refractivity contribution is 6.24. The number of hydrogen-bond acceptors (Lipinski definition) is 5. The van der Waals surface area contributed by atoms with Crippen molar-refractivity contribution >= 4 is 11.6 Å². The molecule has 3 aliphatic rings. The molecule has 0 saturated heterocycles. The molecule has 1 unspecified atom stereocenters. The molecule has 0 aromatic heterocycles. The van der Waals surface area contributed by atoms with E-state index in [1.54, 1.807) is 13.8 Å². The van der Waals surface area contributed by atoms with Crippen molar-refractivity contribution in [2.24, 2.45) is 23.2 Å². The lowest BCUT2D eigenvalue weighted by atomic mass is 9.68. The van der Waals surface area contributed by atoms with Crippen LogP contribution in [-0.4, -0.2) is 33.0 Å². The molecule has 3 rings (SSSR count). The number of ether oxygens (including phenoxy) is 1. The first-order valence-electron chi connectivity index (χ1n) is 11.4. The van der Waals surface area contributed by atoms with Gasteiger partial charge in [-0.05, 0) is 73.1 Å². The molecule has 31 heavy (non-hydrogen) atoms. The second-order valence-corrected chi connectivity index (χ2v) is 11.2. The molecule has 0 aromatic rings. The van der Waals surface area contributed by atoms with Crippen LogP contribution in [0.3, 0.4) is 0 Å². The highest BCUT2D eigenvalue weighted by Crippen LogP contribution is 2.57. The number of hydrogen-bond donors (Lipinski definition) is 2. The Morgan fingerprint density at radius 1 is 1.19 bits per heavy atom. The number of ketones is 2. The molecule has 1 aliphatic heterocycles. The normalized spacial score (nSPS) is 34.8. The van der Waals surface area contributed by atoms with Crippen molar-refractivity contribution in [3.8, 4) is 0 Å². The van der Waals surface area contributed by atoms with Crippen molar-refractivity contribution in [3.63, 3.8) is 0 Å². The van der Waals surface area contributed by atoms with Crippen LogP contribution in [0.4, 0.5) is 0 Å². The highest BCUT2D eigenvalue weighted by atomic mass is 16.5. The lowest BCUT2D eigenvalue weighted by molar-refractivity contribution is -0.131. The van der Waals surface area contributed by atoms with Crippen LogP contribution in [0.25, 0.3) is 0 Å². The van der Waals surface area contributed by atoms with Crippen LogP contribution in [0.15, 0.2) is 34.3 Å². The summed E-state index contributed by atoms with van der Waals surface area (Å²) in [7, 11) is 0. The predicted molar refractivity (Wildman–Crippen MR) is 120 cm³/mol. The number of carbonyl (C=O) groups excluding carboxylic acids is 2. The zero-order chi connectivity index (χ0) is 23.5. The SMILES string of the molecule is CC(C)=CC[C@]1(C)C(=O)C(C(=O)C(C)C)=C(O)C2=C1OC(C)(C)C1CC[C@@](C)(O)[C@H]1C2. The van der Waals surface area contributed by atoms with E-state index in [-0.39, 0.29) is 34.7 Å². The first-order chi connectivity index (χ1) is 14.1. The lowest BCUT2D eigenvalue weighted by Crippen LogP contribution is -2.43. The van der Waals surface area contributed by atoms with E-state index < -0.39 is 22.5 Å². The fraction of sp³-hybridized carbons (Fsp3) is 0.692. The molecule has 0 spiro atoms. The van der Waals surface area contributed by atoms with Gasteiger partial charge in [-0.15, -0.1) is 0 Å². The van der Waals surface area contributed by atoms with Crippen LogP contribution in [0, 0.1) is 23.2 Å². The van der Waals surface area contributed by atoms with E-state index in [2.05, 4.69) is 0 Å². The van der Waals surface area contributed by atoms with Gasteiger partial charge in [0.25, 0.3) is 0 Å². The van der Waals surface area contributed by atoms with Crippen molar-refractivity contribution in [3.05, 3.63) is 34.3 Å². The predicted octanol–water partition coefficient (Wildman–Crippen LogP) is 5.20. The van der Waals surface area contributed by atoms with Crippen molar-refractivity contribution in [1.29, 1.82) is 0 Å². The minimum Gasteiger partial charge on any atom is -0.507 e. The van der Waals surface area contributed by atoms with E-state index in [9.17, 15) is 19.8 Å². The summed E-state index contributed by atoms with van der Waals surface area (Å²) in [6, 6.07) is 0. The molecule has 0 bridgehead atoms. The molecule has 1 fully saturated rings. The number of aliphatic hydroxyl groups excluding tert-OH is 1. The van der Waals surface area contributed by atoms with Crippen molar-refractivity contribution in [1.82, 2.24) is 0 Å². The van der Waals surface area contributed by atoms with E-state index in [0.717, 1.165) is 12.0 Å². The fourth-order valence-corrected chi connectivity index (χ4v) is 5.57. The van der Waals surface area contributed by atoms with E-state index in [1.165, 1.54) is 0 Å². The van der Waals surface area contributed by atoms with Crippen LogP contribution in [0.2, 0.25) is 0 Å². The van der Waals surface area contributed by atoms with Gasteiger partial charge >= 0.3 is 0 Å².